The Morgan fingerprint density at radius 3 is 1.73 bits per heavy atom. The van der Waals surface area contributed by atoms with Gasteiger partial charge >= 0.3 is 0 Å². The zero-order chi connectivity index (χ0) is 18.8. The first-order valence-corrected chi connectivity index (χ1v) is 4.25. The molecule has 2 aromatic rings. The molecule has 1 aliphatic heterocycles. The average molecular weight is 203 g/mol. The van der Waals surface area contributed by atoms with Gasteiger partial charge < -0.3 is 5.32 Å². The highest BCUT2D eigenvalue weighted by atomic mass is 14.9. The summed E-state index contributed by atoms with van der Waals surface area (Å²) in [4.78, 5) is 0. The molecule has 0 saturated carbocycles. The molecule has 0 unspecified atom stereocenters. The summed E-state index contributed by atoms with van der Waals surface area (Å²) in [6.45, 7) is 0. The van der Waals surface area contributed by atoms with Crippen molar-refractivity contribution >= 4 is 23.5 Å². The molecule has 0 bridgehead atoms. The molecule has 15 heavy (non-hydrogen) atoms. The van der Waals surface area contributed by atoms with Crippen LogP contribution in [0.2, 0.25) is 0 Å². The third-order valence-corrected chi connectivity index (χ3v) is 1.94. The molecule has 0 amide bonds. The van der Waals surface area contributed by atoms with Crippen LogP contribution in [0.1, 0.15) is 24.8 Å². The first-order valence-electron chi connectivity index (χ1n) is 9.25. The molecular weight excluding hydrogens is 182 g/mol. The van der Waals surface area contributed by atoms with Crippen molar-refractivity contribution in [3.8, 4) is 0 Å². The fourth-order valence-electron chi connectivity index (χ4n) is 1.25. The summed E-state index contributed by atoms with van der Waals surface area (Å²) in [6.07, 6.45) is 0. The molecule has 0 spiro atoms. The van der Waals surface area contributed by atoms with Gasteiger partial charge in [-0.3, -0.25) is 0 Å². The molecular formula is C14H11N. The van der Waals surface area contributed by atoms with Gasteiger partial charge in [0.1, 0.15) is 0 Å². The first kappa shape index (κ1) is 2.99. The van der Waals surface area contributed by atoms with E-state index in [4.69, 9.17) is 13.7 Å². The fraction of sp³-hybridized carbons (Fsp3) is 0. The second-order valence-corrected chi connectivity index (χ2v) is 2.88. The highest BCUT2D eigenvalue weighted by Crippen LogP contribution is 2.29. The van der Waals surface area contributed by atoms with Gasteiger partial charge in [0.2, 0.25) is 0 Å². The molecule has 2 aromatic carbocycles. The Balaban J connectivity index is 2.53. The smallest absolute Gasteiger partial charge is 0.0645 e. The van der Waals surface area contributed by atoms with Crippen LogP contribution < -0.4 is 5.32 Å². The maximum Gasteiger partial charge on any atom is 0.0645 e. The first-order chi connectivity index (χ1) is 11.6. The molecule has 1 heteroatoms. The maximum atomic E-state index is 8.18. The third kappa shape index (κ3) is 1.42. The molecule has 72 valence electrons. The van der Waals surface area contributed by atoms with Crippen LogP contribution in [0.25, 0.3) is 12.1 Å². The molecule has 1 aliphatic rings. The van der Waals surface area contributed by atoms with E-state index >= 15 is 0 Å². The minimum atomic E-state index is -0.561. The molecule has 0 atom stereocenters. The Hall–Kier alpha value is -2.02. The van der Waals surface area contributed by atoms with Crippen LogP contribution in [0, 0.1) is 0 Å². The van der Waals surface area contributed by atoms with E-state index in [1.807, 2.05) is 0 Å². The molecule has 1 nitrogen and oxygen atoms in total. The zero-order valence-electron chi connectivity index (χ0n) is 17.5. The van der Waals surface area contributed by atoms with Gasteiger partial charge in [0.05, 0.1) is 13.7 Å². The van der Waals surface area contributed by atoms with Gasteiger partial charge in [0.25, 0.3) is 0 Å². The summed E-state index contributed by atoms with van der Waals surface area (Å²) in [7, 11) is 0. The summed E-state index contributed by atoms with van der Waals surface area (Å²) in [5.74, 6) is 0. The number of hydrogen-bond acceptors (Lipinski definition) is 1. The van der Waals surface area contributed by atoms with Crippen LogP contribution in [-0.4, -0.2) is 0 Å². The lowest BCUT2D eigenvalue weighted by Crippen LogP contribution is -1.92. The summed E-state index contributed by atoms with van der Waals surface area (Å²) < 4.78 is 79.4. The lowest BCUT2D eigenvalue weighted by Gasteiger charge is -2.08. The molecule has 0 saturated heterocycles. The van der Waals surface area contributed by atoms with E-state index in [1.54, 1.807) is 0 Å². The van der Waals surface area contributed by atoms with Gasteiger partial charge in [0.15, 0.2) is 0 Å². The number of fused-ring (bicyclic) bond motifs is 2. The van der Waals surface area contributed by atoms with Crippen molar-refractivity contribution in [2.75, 3.05) is 5.32 Å². The van der Waals surface area contributed by atoms with Crippen LogP contribution in [0.5, 0.6) is 0 Å². The predicted molar refractivity (Wildman–Crippen MR) is 65.1 cm³/mol. The zero-order valence-corrected chi connectivity index (χ0v) is 7.50. The van der Waals surface area contributed by atoms with Gasteiger partial charge in [-0.15, -0.1) is 0 Å². The summed E-state index contributed by atoms with van der Waals surface area (Å²) in [6, 6.07) is -5.27. The number of para-hydroxylation sites is 2. The average Bonchev–Trinajstić information content (AvgIpc) is 2.70. The Bertz CT molecular complexity index is 902. The molecule has 3 rings (SSSR count). The Morgan fingerprint density at radius 2 is 1.20 bits per heavy atom. The molecule has 1 heterocycles. The normalized spacial score (nSPS) is 22.9. The van der Waals surface area contributed by atoms with Gasteiger partial charge in [-0.2, -0.15) is 0 Å². The second-order valence-electron chi connectivity index (χ2n) is 2.88. The standard InChI is InChI=1S/C14H11N/c1-3-7-13-11(5-1)9-10-12-6-2-4-8-14(12)15-13/h1-10,15H/i1D,2D,3D,4D,5D,6D,7D,8D,9D,10D. The molecule has 1 N–H and O–H groups in total. The number of benzene rings is 2. The van der Waals surface area contributed by atoms with Gasteiger partial charge in [-0.25, -0.2) is 0 Å². The van der Waals surface area contributed by atoms with Crippen molar-refractivity contribution in [1.82, 2.24) is 0 Å². The summed E-state index contributed by atoms with van der Waals surface area (Å²) in [5.41, 5.74) is -0.873. The maximum absolute atomic E-state index is 8.18. The van der Waals surface area contributed by atoms with Crippen LogP contribution in [0.3, 0.4) is 0 Å². The van der Waals surface area contributed by atoms with Crippen molar-refractivity contribution in [2.45, 2.75) is 0 Å². The molecule has 0 radical (unpaired) electrons. The van der Waals surface area contributed by atoms with E-state index in [9.17, 15) is 0 Å². The van der Waals surface area contributed by atoms with Gasteiger partial charge in [0, 0.05) is 11.4 Å². The van der Waals surface area contributed by atoms with Crippen molar-refractivity contribution in [3.63, 3.8) is 0 Å². The van der Waals surface area contributed by atoms with Crippen LogP contribution in [-0.2, 0) is 0 Å². The monoisotopic (exact) mass is 203 g/mol. The topological polar surface area (TPSA) is 12.0 Å². The SMILES string of the molecule is [2H]C1=C([2H])c2c([2H])c([2H])c([2H])c([2H])c2Nc2c([2H])c([2H])c([2H])c([2H])c21. The van der Waals surface area contributed by atoms with E-state index in [1.165, 1.54) is 0 Å². The van der Waals surface area contributed by atoms with E-state index in [-0.39, 0.29) is 22.5 Å². The van der Waals surface area contributed by atoms with Crippen molar-refractivity contribution in [3.05, 3.63) is 59.5 Å². The van der Waals surface area contributed by atoms with Crippen molar-refractivity contribution in [2.24, 2.45) is 0 Å². The number of nitrogens with one attached hydrogen (secondary N) is 1. The largest absolute Gasteiger partial charge is 0.355 e. The van der Waals surface area contributed by atoms with Gasteiger partial charge in [-0.1, -0.05) is 48.4 Å². The third-order valence-electron chi connectivity index (χ3n) is 1.94. The summed E-state index contributed by atoms with van der Waals surface area (Å²) in [5, 5.41) is 2.61. The van der Waals surface area contributed by atoms with Crippen molar-refractivity contribution in [1.29, 1.82) is 0 Å². The van der Waals surface area contributed by atoms with E-state index in [2.05, 4.69) is 5.32 Å². The summed E-state index contributed by atoms with van der Waals surface area (Å²) >= 11 is 0. The lowest BCUT2D eigenvalue weighted by atomic mass is 10.1. The molecule has 0 aromatic heterocycles. The fourth-order valence-corrected chi connectivity index (χ4v) is 1.25. The highest BCUT2D eigenvalue weighted by molar-refractivity contribution is 5.87. The Morgan fingerprint density at radius 1 is 0.733 bits per heavy atom. The number of hydrogen-bond donors (Lipinski definition) is 1. The van der Waals surface area contributed by atoms with E-state index in [0.29, 0.717) is 0 Å². The minimum absolute atomic E-state index is 0.190. The van der Waals surface area contributed by atoms with Gasteiger partial charge in [-0.05, 0) is 23.2 Å². The molecule has 0 aliphatic carbocycles. The van der Waals surface area contributed by atoms with Crippen LogP contribution in [0.4, 0.5) is 11.4 Å². The molecule has 0 fully saturated rings. The number of anilines is 2. The van der Waals surface area contributed by atoms with E-state index in [0.717, 1.165) is 0 Å². The second kappa shape index (κ2) is 3.28. The van der Waals surface area contributed by atoms with Crippen molar-refractivity contribution < 1.29 is 13.7 Å². The van der Waals surface area contributed by atoms with Crippen LogP contribution >= 0.6 is 0 Å². The Kier molecular flexibility index (Phi) is 0.653. The minimum Gasteiger partial charge on any atom is -0.355 e. The highest BCUT2D eigenvalue weighted by Gasteiger charge is 2.05. The lowest BCUT2D eigenvalue weighted by molar-refractivity contribution is 1.53. The number of rotatable bonds is 0. The van der Waals surface area contributed by atoms with E-state index < -0.39 is 60.4 Å². The Labute approximate surface area is 103 Å². The quantitative estimate of drug-likeness (QED) is 0.684. The van der Waals surface area contributed by atoms with Crippen LogP contribution in [0.15, 0.2) is 48.3 Å². The predicted octanol–water partition coefficient (Wildman–Crippen LogP) is 3.91.